The number of hydrogen-bond donors (Lipinski definition) is 1. The number of amides is 2. The Balaban J connectivity index is 0.00000100. The maximum Gasteiger partial charge on any atom is 0.318 e. The van der Waals surface area contributed by atoms with E-state index in [2.05, 4.69) is 31.1 Å². The van der Waals surface area contributed by atoms with Gasteiger partial charge in [-0.3, -0.25) is 0 Å². The molecule has 10 heteroatoms. The third-order valence-corrected chi connectivity index (χ3v) is 5.61. The number of urea groups is 1. The molecule has 0 bridgehead atoms. The van der Waals surface area contributed by atoms with Crippen LogP contribution in [0.15, 0.2) is 48.5 Å². The predicted molar refractivity (Wildman–Crippen MR) is 132 cm³/mol. The number of rotatable bonds is 8. The van der Waals surface area contributed by atoms with E-state index in [4.69, 9.17) is 20.1 Å². The summed E-state index contributed by atoms with van der Waals surface area (Å²) < 4.78 is 19.0. The van der Waals surface area contributed by atoms with Gasteiger partial charge in [0.2, 0.25) is 0 Å². The van der Waals surface area contributed by atoms with Crippen molar-refractivity contribution < 1.29 is 19.0 Å². The molecule has 35 heavy (non-hydrogen) atoms. The molecule has 2 aromatic rings. The molecule has 9 nitrogen and oxygen atoms in total. The molecule has 0 radical (unpaired) electrons. The van der Waals surface area contributed by atoms with E-state index in [0.717, 1.165) is 42.8 Å². The van der Waals surface area contributed by atoms with Gasteiger partial charge in [0.05, 0.1) is 11.7 Å². The van der Waals surface area contributed by atoms with Gasteiger partial charge in [-0.25, -0.2) is 9.18 Å². The Labute approximate surface area is 205 Å². The van der Waals surface area contributed by atoms with Crippen molar-refractivity contribution in [2.75, 3.05) is 26.7 Å². The van der Waals surface area contributed by atoms with Gasteiger partial charge < -0.3 is 35.2 Å². The number of halogens is 1. The molecule has 3 rings (SSSR count). The first-order chi connectivity index (χ1) is 16.6. The molecule has 1 saturated heterocycles. The molecule has 1 fully saturated rings. The lowest BCUT2D eigenvalue weighted by molar-refractivity contribution is -0.402. The number of hydrogen-bond acceptors (Lipinski definition) is 6. The summed E-state index contributed by atoms with van der Waals surface area (Å²) in [5.41, 5.74) is 1.96. The Kier molecular flexibility index (Phi) is 11.2. The minimum absolute atomic E-state index is 0.0842. The van der Waals surface area contributed by atoms with Gasteiger partial charge in [-0.2, -0.15) is 0 Å². The zero-order valence-electron chi connectivity index (χ0n) is 20.5. The molecule has 2 aromatic carbocycles. The number of benzene rings is 2. The van der Waals surface area contributed by atoms with Crippen LogP contribution in [0.3, 0.4) is 0 Å². The smallest absolute Gasteiger partial charge is 0.318 e. The molecule has 0 aromatic heterocycles. The van der Waals surface area contributed by atoms with Crippen molar-refractivity contribution in [2.24, 2.45) is 5.92 Å². The van der Waals surface area contributed by atoms with Gasteiger partial charge in [0, 0.05) is 19.1 Å². The fourth-order valence-corrected chi connectivity index (χ4v) is 3.71. The van der Waals surface area contributed by atoms with Gasteiger partial charge in [-0.15, -0.1) is 0 Å². The first kappa shape index (κ1) is 27.8. The van der Waals surface area contributed by atoms with Crippen molar-refractivity contribution in [1.29, 1.82) is 0 Å². The van der Waals surface area contributed by atoms with Crippen LogP contribution in [0.1, 0.15) is 37.8 Å². The van der Waals surface area contributed by atoms with Crippen molar-refractivity contribution in [3.05, 3.63) is 80.8 Å². The van der Waals surface area contributed by atoms with Gasteiger partial charge in [0.1, 0.15) is 11.6 Å². The first-order valence-corrected chi connectivity index (χ1v) is 11.6. The Morgan fingerprint density at radius 1 is 1.11 bits per heavy atom. The standard InChI is InChI=1S/C25H34FN3O2.NO3/c1-19(2)18-31-24-10-6-20(7-11-24)16-27-25(30)29(23-12-14-28(3)15-13-23)17-21-4-8-22(26)9-5-21;2-1(3)4/h4-11,19,23H,12-18H2,1-3H3,(H,27,30);/q;-1. The van der Waals surface area contributed by atoms with Crippen molar-refractivity contribution in [1.82, 2.24) is 15.1 Å². The van der Waals surface area contributed by atoms with Crippen LogP contribution in [0.5, 0.6) is 5.75 Å². The van der Waals surface area contributed by atoms with E-state index in [9.17, 15) is 9.18 Å². The minimum atomic E-state index is -1.75. The summed E-state index contributed by atoms with van der Waals surface area (Å²) in [6, 6.07) is 14.3. The minimum Gasteiger partial charge on any atom is -0.493 e. The Bertz CT molecular complexity index is 912. The number of ether oxygens (including phenoxy) is 1. The van der Waals surface area contributed by atoms with Crippen molar-refractivity contribution in [2.45, 2.75) is 45.8 Å². The predicted octanol–water partition coefficient (Wildman–Crippen LogP) is 4.43. The second-order valence-electron chi connectivity index (χ2n) is 9.02. The highest BCUT2D eigenvalue weighted by Gasteiger charge is 2.27. The highest BCUT2D eigenvalue weighted by molar-refractivity contribution is 5.74. The molecule has 1 N–H and O–H groups in total. The lowest BCUT2D eigenvalue weighted by Crippen LogP contribution is -2.49. The molecule has 1 aliphatic heterocycles. The number of piperidine rings is 1. The fraction of sp³-hybridized carbons (Fsp3) is 0.480. The molecule has 1 heterocycles. The first-order valence-electron chi connectivity index (χ1n) is 11.6. The Hall–Kier alpha value is -3.40. The second-order valence-corrected chi connectivity index (χ2v) is 9.02. The molecule has 0 aliphatic carbocycles. The monoisotopic (exact) mass is 489 g/mol. The average molecular weight is 490 g/mol. The molecule has 2 amide bonds. The third kappa shape index (κ3) is 10.6. The van der Waals surface area contributed by atoms with Crippen LogP contribution in [0.4, 0.5) is 9.18 Å². The maximum atomic E-state index is 13.3. The summed E-state index contributed by atoms with van der Waals surface area (Å²) in [5, 5.41) is 17.8. The normalized spacial score (nSPS) is 14.1. The summed E-state index contributed by atoms with van der Waals surface area (Å²) in [4.78, 5) is 25.6. The Morgan fingerprint density at radius 3 is 2.20 bits per heavy atom. The van der Waals surface area contributed by atoms with Crippen LogP contribution >= 0.6 is 0 Å². The van der Waals surface area contributed by atoms with E-state index >= 15 is 0 Å². The number of nitrogens with one attached hydrogen (secondary N) is 1. The van der Waals surface area contributed by atoms with Gasteiger partial charge in [0.15, 0.2) is 0 Å². The molecule has 0 saturated carbocycles. The van der Waals surface area contributed by atoms with Crippen LogP contribution in [-0.4, -0.2) is 53.7 Å². The van der Waals surface area contributed by atoms with Gasteiger partial charge in [-0.1, -0.05) is 38.1 Å². The molecular formula is C25H34FN4O5-. The van der Waals surface area contributed by atoms with Crippen LogP contribution in [0.2, 0.25) is 0 Å². The molecule has 0 spiro atoms. The van der Waals surface area contributed by atoms with Crippen molar-refractivity contribution in [3.8, 4) is 5.75 Å². The summed E-state index contributed by atoms with van der Waals surface area (Å²) >= 11 is 0. The topological polar surface area (TPSA) is 111 Å². The summed E-state index contributed by atoms with van der Waals surface area (Å²) in [6.45, 7) is 7.78. The van der Waals surface area contributed by atoms with E-state index in [0.29, 0.717) is 25.6 Å². The van der Waals surface area contributed by atoms with Crippen LogP contribution in [-0.2, 0) is 13.1 Å². The highest BCUT2D eigenvalue weighted by atomic mass is 19.1. The lowest BCUT2D eigenvalue weighted by atomic mass is 10.0. The fourth-order valence-electron chi connectivity index (χ4n) is 3.71. The van der Waals surface area contributed by atoms with Crippen LogP contribution < -0.4 is 10.1 Å². The highest BCUT2D eigenvalue weighted by Crippen LogP contribution is 2.19. The van der Waals surface area contributed by atoms with Crippen molar-refractivity contribution >= 4 is 6.03 Å². The zero-order chi connectivity index (χ0) is 25.8. The maximum absolute atomic E-state index is 13.3. The van der Waals surface area contributed by atoms with E-state index in [1.807, 2.05) is 29.2 Å². The molecule has 0 unspecified atom stereocenters. The van der Waals surface area contributed by atoms with Gasteiger partial charge in [-0.05, 0) is 74.3 Å². The van der Waals surface area contributed by atoms with Gasteiger partial charge >= 0.3 is 6.03 Å². The average Bonchev–Trinajstić information content (AvgIpc) is 2.82. The number of nitrogens with zero attached hydrogens (tertiary/aromatic N) is 3. The largest absolute Gasteiger partial charge is 0.493 e. The third-order valence-electron chi connectivity index (χ3n) is 5.61. The summed E-state index contributed by atoms with van der Waals surface area (Å²) in [5.74, 6) is 1.05. The van der Waals surface area contributed by atoms with Crippen LogP contribution in [0, 0.1) is 27.1 Å². The van der Waals surface area contributed by atoms with Crippen molar-refractivity contribution in [3.63, 3.8) is 0 Å². The number of likely N-dealkylation sites (tertiary alicyclic amines) is 1. The number of carbonyl (C=O) groups is 1. The van der Waals surface area contributed by atoms with Crippen LogP contribution in [0.25, 0.3) is 0 Å². The quantitative estimate of drug-likeness (QED) is 0.434. The molecule has 192 valence electrons. The summed E-state index contributed by atoms with van der Waals surface area (Å²) in [6.07, 6.45) is 1.88. The molecular weight excluding hydrogens is 455 g/mol. The molecule has 1 aliphatic rings. The summed E-state index contributed by atoms with van der Waals surface area (Å²) in [7, 11) is 2.11. The number of carbonyl (C=O) groups excluding carboxylic acids is 1. The zero-order valence-corrected chi connectivity index (χ0v) is 20.5. The van der Waals surface area contributed by atoms with E-state index in [1.165, 1.54) is 12.1 Å². The lowest BCUT2D eigenvalue weighted by Gasteiger charge is -2.37. The van der Waals surface area contributed by atoms with E-state index in [1.54, 1.807) is 12.1 Å². The van der Waals surface area contributed by atoms with E-state index < -0.39 is 5.09 Å². The Morgan fingerprint density at radius 2 is 1.66 bits per heavy atom. The second kappa shape index (κ2) is 14.1. The van der Waals surface area contributed by atoms with Gasteiger partial charge in [0.25, 0.3) is 0 Å². The van der Waals surface area contributed by atoms with E-state index in [-0.39, 0.29) is 17.9 Å². The molecule has 0 atom stereocenters. The SMILES string of the molecule is CC(C)COc1ccc(CNC(=O)N(Cc2ccc(F)cc2)C2CCN(C)CC2)cc1.O=[N+]([O-])[O-].